The highest BCUT2D eigenvalue weighted by Gasteiger charge is 2.22. The Morgan fingerprint density at radius 3 is 2.70 bits per heavy atom. The maximum absolute atomic E-state index is 12.5. The first kappa shape index (κ1) is 17.3. The summed E-state index contributed by atoms with van der Waals surface area (Å²) in [6, 6.07) is 17.9. The molecular formula is C21H23N5O. The quantitative estimate of drug-likeness (QED) is 0.651. The van der Waals surface area contributed by atoms with Crippen LogP contribution in [0.25, 0.3) is 11.0 Å². The van der Waals surface area contributed by atoms with Crippen molar-refractivity contribution in [2.45, 2.75) is 19.5 Å². The molecule has 0 aliphatic carbocycles. The van der Waals surface area contributed by atoms with Crippen molar-refractivity contribution in [3.63, 3.8) is 0 Å². The number of rotatable bonds is 5. The molecule has 1 amide bonds. The van der Waals surface area contributed by atoms with Crippen LogP contribution < -0.4 is 11.1 Å². The monoisotopic (exact) mass is 361 g/mol. The number of fused-ring (bicyclic) bond motifs is 1. The van der Waals surface area contributed by atoms with E-state index < -0.39 is 0 Å². The first-order chi connectivity index (χ1) is 13.2. The van der Waals surface area contributed by atoms with Gasteiger partial charge in [-0.2, -0.15) is 0 Å². The van der Waals surface area contributed by atoms with Gasteiger partial charge in [0, 0.05) is 30.9 Å². The molecule has 0 radical (unpaired) electrons. The number of nitrogens with zero attached hydrogens (tertiary/aromatic N) is 2. The number of carbonyl (C=O) groups is 1. The molecule has 0 fully saturated rings. The summed E-state index contributed by atoms with van der Waals surface area (Å²) in [5, 5.41) is 2.97. The van der Waals surface area contributed by atoms with E-state index in [1.54, 1.807) is 0 Å². The average Bonchev–Trinajstić information content (AvgIpc) is 3.09. The third-order valence-corrected chi connectivity index (χ3v) is 4.84. The van der Waals surface area contributed by atoms with Gasteiger partial charge in [-0.05, 0) is 24.1 Å². The van der Waals surface area contributed by atoms with Gasteiger partial charge in [0.05, 0.1) is 17.6 Å². The number of amides is 1. The molecule has 4 rings (SSSR count). The van der Waals surface area contributed by atoms with E-state index in [-0.39, 0.29) is 5.91 Å². The van der Waals surface area contributed by atoms with E-state index in [1.807, 2.05) is 54.6 Å². The van der Waals surface area contributed by atoms with Gasteiger partial charge in [0.2, 0.25) is 5.91 Å². The van der Waals surface area contributed by atoms with Crippen molar-refractivity contribution in [1.29, 1.82) is 0 Å². The maximum atomic E-state index is 12.5. The zero-order chi connectivity index (χ0) is 18.6. The SMILES string of the molecule is NC1=C(C(=O)NCc2ccccc2)CCN(Cc2nc3ccccc3[nH]2)C1. The van der Waals surface area contributed by atoms with Crippen LogP contribution in [0.3, 0.4) is 0 Å². The van der Waals surface area contributed by atoms with Crippen LogP contribution in [-0.4, -0.2) is 33.9 Å². The Bertz CT molecular complexity index is 943. The Kier molecular flexibility index (Phi) is 4.89. The molecule has 1 aromatic heterocycles. The first-order valence-electron chi connectivity index (χ1n) is 9.14. The summed E-state index contributed by atoms with van der Waals surface area (Å²) in [7, 11) is 0. The number of hydrogen-bond acceptors (Lipinski definition) is 4. The van der Waals surface area contributed by atoms with Crippen molar-refractivity contribution in [2.24, 2.45) is 5.73 Å². The number of H-pyrrole nitrogens is 1. The second kappa shape index (κ2) is 7.63. The number of hydrogen-bond donors (Lipinski definition) is 3. The number of aromatic amines is 1. The van der Waals surface area contributed by atoms with Crippen LogP contribution in [-0.2, 0) is 17.9 Å². The van der Waals surface area contributed by atoms with Gasteiger partial charge in [-0.25, -0.2) is 4.98 Å². The van der Waals surface area contributed by atoms with Crippen LogP contribution >= 0.6 is 0 Å². The molecule has 6 heteroatoms. The van der Waals surface area contributed by atoms with Crippen molar-refractivity contribution in [3.05, 3.63) is 77.3 Å². The molecule has 1 aliphatic heterocycles. The molecule has 2 heterocycles. The molecule has 0 saturated heterocycles. The van der Waals surface area contributed by atoms with Gasteiger partial charge in [-0.3, -0.25) is 9.69 Å². The maximum Gasteiger partial charge on any atom is 0.249 e. The molecule has 1 aliphatic rings. The standard InChI is InChI=1S/C21H23N5O/c22-17-13-26(14-20-24-18-8-4-5-9-19(18)25-20)11-10-16(17)21(27)23-12-15-6-2-1-3-7-15/h1-9H,10-14,22H2,(H,23,27)(H,24,25). The van der Waals surface area contributed by atoms with E-state index in [0.29, 0.717) is 37.3 Å². The summed E-state index contributed by atoms with van der Waals surface area (Å²) in [6.07, 6.45) is 0.646. The van der Waals surface area contributed by atoms with Gasteiger partial charge in [0.1, 0.15) is 5.82 Å². The van der Waals surface area contributed by atoms with Gasteiger partial charge in [0.15, 0.2) is 0 Å². The highest BCUT2D eigenvalue weighted by molar-refractivity contribution is 5.94. The van der Waals surface area contributed by atoms with Crippen molar-refractivity contribution >= 4 is 16.9 Å². The fourth-order valence-corrected chi connectivity index (χ4v) is 3.42. The molecule has 6 nitrogen and oxygen atoms in total. The lowest BCUT2D eigenvalue weighted by Crippen LogP contribution is -2.38. The van der Waals surface area contributed by atoms with Crippen molar-refractivity contribution < 1.29 is 4.79 Å². The van der Waals surface area contributed by atoms with Crippen molar-refractivity contribution in [1.82, 2.24) is 20.2 Å². The lowest BCUT2D eigenvalue weighted by molar-refractivity contribution is -0.118. The van der Waals surface area contributed by atoms with E-state index >= 15 is 0 Å². The third-order valence-electron chi connectivity index (χ3n) is 4.84. The molecule has 0 unspecified atom stereocenters. The minimum atomic E-state index is -0.0697. The summed E-state index contributed by atoms with van der Waals surface area (Å²) in [5.41, 5.74) is 10.6. The smallest absolute Gasteiger partial charge is 0.249 e. The van der Waals surface area contributed by atoms with Gasteiger partial charge < -0.3 is 16.0 Å². The molecule has 4 N–H and O–H groups in total. The average molecular weight is 361 g/mol. The van der Waals surface area contributed by atoms with Crippen molar-refractivity contribution in [3.8, 4) is 0 Å². The summed E-state index contributed by atoms with van der Waals surface area (Å²) < 4.78 is 0. The Hall–Kier alpha value is -3.12. The van der Waals surface area contributed by atoms with Crippen LogP contribution in [0.15, 0.2) is 65.9 Å². The Morgan fingerprint density at radius 2 is 1.93 bits per heavy atom. The molecule has 0 saturated carbocycles. The minimum Gasteiger partial charge on any atom is -0.401 e. The topological polar surface area (TPSA) is 87.0 Å². The van der Waals surface area contributed by atoms with E-state index in [4.69, 9.17) is 5.73 Å². The second-order valence-electron chi connectivity index (χ2n) is 6.83. The molecule has 2 aromatic carbocycles. The number of nitrogens with one attached hydrogen (secondary N) is 2. The predicted octanol–water partition coefficient (Wildman–Crippen LogP) is 2.30. The number of para-hydroxylation sites is 2. The zero-order valence-electron chi connectivity index (χ0n) is 15.1. The molecule has 0 atom stereocenters. The van der Waals surface area contributed by atoms with Gasteiger partial charge >= 0.3 is 0 Å². The van der Waals surface area contributed by atoms with Gasteiger partial charge in [-0.1, -0.05) is 42.5 Å². The van der Waals surface area contributed by atoms with Gasteiger partial charge in [0.25, 0.3) is 0 Å². The fraction of sp³-hybridized carbons (Fsp3) is 0.238. The van der Waals surface area contributed by atoms with Crippen molar-refractivity contribution in [2.75, 3.05) is 13.1 Å². The number of carbonyl (C=O) groups excluding carboxylic acids is 1. The minimum absolute atomic E-state index is 0.0697. The molecule has 27 heavy (non-hydrogen) atoms. The first-order valence-corrected chi connectivity index (χ1v) is 9.14. The number of benzene rings is 2. The van der Waals surface area contributed by atoms with Crippen LogP contribution in [0.2, 0.25) is 0 Å². The summed E-state index contributed by atoms with van der Waals surface area (Å²) in [5.74, 6) is 0.848. The molecule has 3 aromatic rings. The Labute approximate surface area is 158 Å². The normalized spacial score (nSPS) is 15.3. The van der Waals surface area contributed by atoms with E-state index in [0.717, 1.165) is 29.0 Å². The van der Waals surface area contributed by atoms with Crippen LogP contribution in [0, 0.1) is 0 Å². The summed E-state index contributed by atoms with van der Waals surface area (Å²) in [4.78, 5) is 22.6. The number of nitrogens with two attached hydrogens (primary N) is 1. The highest BCUT2D eigenvalue weighted by Crippen LogP contribution is 2.18. The largest absolute Gasteiger partial charge is 0.401 e. The van der Waals surface area contributed by atoms with E-state index in [2.05, 4.69) is 20.2 Å². The predicted molar refractivity (Wildman–Crippen MR) is 105 cm³/mol. The van der Waals surface area contributed by atoms with E-state index in [1.165, 1.54) is 0 Å². The van der Waals surface area contributed by atoms with E-state index in [9.17, 15) is 4.79 Å². The second-order valence-corrected chi connectivity index (χ2v) is 6.83. The highest BCUT2D eigenvalue weighted by atomic mass is 16.1. The Morgan fingerprint density at radius 1 is 1.15 bits per heavy atom. The third kappa shape index (κ3) is 4.01. The lowest BCUT2D eigenvalue weighted by Gasteiger charge is -2.28. The Balaban J connectivity index is 1.37. The summed E-state index contributed by atoms with van der Waals surface area (Å²) in [6.45, 7) is 2.56. The molecule has 0 spiro atoms. The lowest BCUT2D eigenvalue weighted by atomic mass is 10.0. The summed E-state index contributed by atoms with van der Waals surface area (Å²) >= 11 is 0. The zero-order valence-corrected chi connectivity index (χ0v) is 15.1. The number of aromatic nitrogens is 2. The van der Waals surface area contributed by atoms with Crippen LogP contribution in [0.1, 0.15) is 17.8 Å². The molecular weight excluding hydrogens is 338 g/mol. The fourth-order valence-electron chi connectivity index (χ4n) is 3.42. The molecule has 0 bridgehead atoms. The van der Waals surface area contributed by atoms with Gasteiger partial charge in [-0.15, -0.1) is 0 Å². The number of imidazole rings is 1. The van der Waals surface area contributed by atoms with Crippen LogP contribution in [0.4, 0.5) is 0 Å². The van der Waals surface area contributed by atoms with Crippen LogP contribution in [0.5, 0.6) is 0 Å². The molecule has 138 valence electrons.